The third-order valence-corrected chi connectivity index (χ3v) is 5.10. The highest BCUT2D eigenvalue weighted by molar-refractivity contribution is 7.19. The highest BCUT2D eigenvalue weighted by atomic mass is 32.1. The highest BCUT2D eigenvalue weighted by Crippen LogP contribution is 2.26. The molecule has 4 aromatic rings. The van der Waals surface area contributed by atoms with Crippen LogP contribution in [0.5, 0.6) is 5.75 Å². The predicted molar refractivity (Wildman–Crippen MR) is 109 cm³/mol. The van der Waals surface area contributed by atoms with E-state index in [4.69, 9.17) is 4.74 Å². The summed E-state index contributed by atoms with van der Waals surface area (Å²) < 4.78 is 7.32. The second-order valence-electron chi connectivity index (χ2n) is 6.23. The summed E-state index contributed by atoms with van der Waals surface area (Å²) in [7, 11) is 0. The Hall–Kier alpha value is -3.26. The zero-order valence-electron chi connectivity index (χ0n) is 15.3. The number of benzene rings is 2. The van der Waals surface area contributed by atoms with Gasteiger partial charge in [-0.2, -0.15) is 9.61 Å². The first kappa shape index (κ1) is 18.1. The summed E-state index contributed by atoms with van der Waals surface area (Å²) in [5, 5.41) is 16.0. The van der Waals surface area contributed by atoms with E-state index in [1.807, 2.05) is 36.4 Å². The Morgan fingerprint density at radius 3 is 2.86 bits per heavy atom. The molecular formula is C20H19N5O2S. The van der Waals surface area contributed by atoms with Crippen LogP contribution >= 0.6 is 11.3 Å². The largest absolute Gasteiger partial charge is 0.494 e. The van der Waals surface area contributed by atoms with E-state index in [-0.39, 0.29) is 5.91 Å². The number of amides is 1. The molecule has 0 radical (unpaired) electrons. The fraction of sp³-hybridized carbons (Fsp3) is 0.200. The number of nitrogens with zero attached hydrogens (tertiary/aromatic N) is 4. The predicted octanol–water partition coefficient (Wildman–Crippen LogP) is 4.28. The fourth-order valence-corrected chi connectivity index (χ4v) is 3.46. The molecule has 28 heavy (non-hydrogen) atoms. The molecular weight excluding hydrogens is 374 g/mol. The van der Waals surface area contributed by atoms with E-state index in [2.05, 4.69) is 27.5 Å². The summed E-state index contributed by atoms with van der Waals surface area (Å²) >= 11 is 1.46. The number of hydrogen-bond donors (Lipinski definition) is 1. The average molecular weight is 393 g/mol. The van der Waals surface area contributed by atoms with Crippen LogP contribution in [0.25, 0.3) is 15.5 Å². The molecule has 1 amide bonds. The van der Waals surface area contributed by atoms with Crippen molar-refractivity contribution >= 4 is 27.9 Å². The number of nitrogens with one attached hydrogen (secondary N) is 1. The molecule has 4 rings (SSSR count). The molecule has 0 spiro atoms. The maximum atomic E-state index is 12.5. The number of aromatic nitrogens is 4. The van der Waals surface area contributed by atoms with Gasteiger partial charge in [-0.05, 0) is 48.9 Å². The molecule has 0 unspecified atom stereocenters. The van der Waals surface area contributed by atoms with Crippen LogP contribution in [0, 0.1) is 0 Å². The van der Waals surface area contributed by atoms with Gasteiger partial charge in [-0.1, -0.05) is 30.7 Å². The van der Waals surface area contributed by atoms with Crippen molar-refractivity contribution in [2.24, 2.45) is 0 Å². The van der Waals surface area contributed by atoms with Crippen LogP contribution < -0.4 is 10.1 Å². The minimum absolute atomic E-state index is 0.174. The third-order valence-electron chi connectivity index (χ3n) is 4.14. The zero-order chi connectivity index (χ0) is 19.3. The quantitative estimate of drug-likeness (QED) is 0.474. The van der Waals surface area contributed by atoms with Crippen molar-refractivity contribution in [3.8, 4) is 16.3 Å². The Morgan fingerprint density at radius 2 is 2.07 bits per heavy atom. The summed E-state index contributed by atoms with van der Waals surface area (Å²) in [6, 6.07) is 14.8. The Bertz CT molecular complexity index is 1060. The number of hydrogen-bond acceptors (Lipinski definition) is 6. The molecule has 0 atom stereocenters. The second kappa shape index (κ2) is 8.18. The van der Waals surface area contributed by atoms with Crippen molar-refractivity contribution in [3.63, 3.8) is 0 Å². The Morgan fingerprint density at radius 1 is 1.21 bits per heavy atom. The topological polar surface area (TPSA) is 81.4 Å². The number of anilines is 1. The van der Waals surface area contributed by atoms with Crippen molar-refractivity contribution < 1.29 is 9.53 Å². The number of carbonyl (C=O) groups excluding carboxylic acids is 1. The first-order valence-corrected chi connectivity index (χ1v) is 9.86. The lowest BCUT2D eigenvalue weighted by molar-refractivity contribution is 0.102. The Balaban J connectivity index is 1.43. The van der Waals surface area contributed by atoms with E-state index in [1.165, 1.54) is 11.3 Å². The SMILES string of the molecule is CCCCOc1cccc(C(=O)Nc2ccc(-c3nn4cnnc4s3)cc2)c1. The normalized spacial score (nSPS) is 10.9. The van der Waals surface area contributed by atoms with Crippen molar-refractivity contribution in [2.75, 3.05) is 11.9 Å². The van der Waals surface area contributed by atoms with Crippen LogP contribution in [-0.2, 0) is 0 Å². The van der Waals surface area contributed by atoms with Gasteiger partial charge >= 0.3 is 0 Å². The molecule has 0 saturated heterocycles. The Kier molecular flexibility index (Phi) is 5.29. The standard InChI is InChI=1S/C20H19N5O2S/c1-2-3-11-27-17-6-4-5-15(12-17)18(26)22-16-9-7-14(8-10-16)19-24-25-13-21-23-20(25)28-19/h4-10,12-13H,2-3,11H2,1H3,(H,22,26). The summed E-state index contributed by atoms with van der Waals surface area (Å²) in [5.74, 6) is 0.534. The van der Waals surface area contributed by atoms with Crippen LogP contribution in [0.2, 0.25) is 0 Å². The molecule has 1 N–H and O–H groups in total. The molecule has 2 heterocycles. The summed E-state index contributed by atoms with van der Waals surface area (Å²) in [6.45, 7) is 2.77. The van der Waals surface area contributed by atoms with Crippen LogP contribution in [0.1, 0.15) is 30.1 Å². The van der Waals surface area contributed by atoms with Gasteiger partial charge < -0.3 is 10.1 Å². The van der Waals surface area contributed by atoms with E-state index in [9.17, 15) is 4.79 Å². The molecule has 142 valence electrons. The zero-order valence-corrected chi connectivity index (χ0v) is 16.1. The van der Waals surface area contributed by atoms with Crippen LogP contribution in [-0.4, -0.2) is 32.3 Å². The van der Waals surface area contributed by atoms with Crippen molar-refractivity contribution in [2.45, 2.75) is 19.8 Å². The molecule has 2 aromatic carbocycles. The first-order chi connectivity index (χ1) is 13.7. The summed E-state index contributed by atoms with van der Waals surface area (Å²) in [6.07, 6.45) is 3.63. The van der Waals surface area contributed by atoms with E-state index in [0.29, 0.717) is 23.6 Å². The van der Waals surface area contributed by atoms with Gasteiger partial charge in [0.05, 0.1) is 6.61 Å². The third kappa shape index (κ3) is 4.01. The molecule has 0 fully saturated rings. The smallest absolute Gasteiger partial charge is 0.255 e. The van der Waals surface area contributed by atoms with Gasteiger partial charge in [0.25, 0.3) is 5.91 Å². The van der Waals surface area contributed by atoms with Crippen molar-refractivity contribution in [1.82, 2.24) is 19.8 Å². The minimum Gasteiger partial charge on any atom is -0.494 e. The summed E-state index contributed by atoms with van der Waals surface area (Å²) in [4.78, 5) is 13.3. The van der Waals surface area contributed by atoms with Gasteiger partial charge in [-0.25, -0.2) is 0 Å². The van der Waals surface area contributed by atoms with Crippen LogP contribution in [0.4, 0.5) is 5.69 Å². The number of ether oxygens (including phenoxy) is 1. The molecule has 0 saturated carbocycles. The van der Waals surface area contributed by atoms with Gasteiger partial charge in [0.2, 0.25) is 4.96 Å². The maximum Gasteiger partial charge on any atom is 0.255 e. The number of rotatable bonds is 7. The molecule has 7 nitrogen and oxygen atoms in total. The lowest BCUT2D eigenvalue weighted by Crippen LogP contribution is -2.12. The molecule has 0 aliphatic rings. The monoisotopic (exact) mass is 393 g/mol. The lowest BCUT2D eigenvalue weighted by Gasteiger charge is -2.09. The second-order valence-corrected chi connectivity index (χ2v) is 7.18. The van der Waals surface area contributed by atoms with E-state index < -0.39 is 0 Å². The Labute approximate surface area is 166 Å². The van der Waals surface area contributed by atoms with Gasteiger partial charge in [-0.3, -0.25) is 4.79 Å². The van der Waals surface area contributed by atoms with Crippen molar-refractivity contribution in [3.05, 3.63) is 60.4 Å². The van der Waals surface area contributed by atoms with Crippen molar-refractivity contribution in [1.29, 1.82) is 0 Å². The minimum atomic E-state index is -0.174. The van der Waals surface area contributed by atoms with E-state index in [0.717, 1.165) is 28.4 Å². The average Bonchev–Trinajstić information content (AvgIpc) is 3.31. The van der Waals surface area contributed by atoms with Crippen LogP contribution in [0.3, 0.4) is 0 Å². The lowest BCUT2D eigenvalue weighted by atomic mass is 10.1. The fourth-order valence-electron chi connectivity index (χ4n) is 2.64. The summed E-state index contributed by atoms with van der Waals surface area (Å²) in [5.41, 5.74) is 2.24. The van der Waals surface area contributed by atoms with Gasteiger partial charge in [0, 0.05) is 16.8 Å². The molecule has 0 aliphatic heterocycles. The molecule has 0 aliphatic carbocycles. The maximum absolute atomic E-state index is 12.5. The number of fused-ring (bicyclic) bond motifs is 1. The van der Waals surface area contributed by atoms with E-state index >= 15 is 0 Å². The van der Waals surface area contributed by atoms with Gasteiger partial charge in [0.1, 0.15) is 17.1 Å². The van der Waals surface area contributed by atoms with Gasteiger partial charge in [-0.15, -0.1) is 10.2 Å². The number of unbranched alkanes of at least 4 members (excludes halogenated alkanes) is 1. The highest BCUT2D eigenvalue weighted by Gasteiger charge is 2.10. The van der Waals surface area contributed by atoms with E-state index in [1.54, 1.807) is 23.0 Å². The first-order valence-electron chi connectivity index (χ1n) is 9.04. The molecule has 2 aromatic heterocycles. The number of carbonyl (C=O) groups is 1. The van der Waals surface area contributed by atoms with Crippen LogP contribution in [0.15, 0.2) is 54.9 Å². The molecule has 8 heteroatoms. The molecule has 0 bridgehead atoms. The van der Waals surface area contributed by atoms with Gasteiger partial charge in [0.15, 0.2) is 0 Å².